The smallest absolute Gasteiger partial charge is 0.306 e. The zero-order valence-electron chi connectivity index (χ0n) is 55.5. The van der Waals surface area contributed by atoms with Crippen LogP contribution in [0.4, 0.5) is 0 Å². The second-order valence-electron chi connectivity index (χ2n) is 24.5. The molecule has 83 heavy (non-hydrogen) atoms. The Morgan fingerprint density at radius 2 is 0.434 bits per heavy atom. The summed E-state index contributed by atoms with van der Waals surface area (Å²) in [6.07, 6.45) is 93.6. The summed E-state index contributed by atoms with van der Waals surface area (Å²) >= 11 is 0. The van der Waals surface area contributed by atoms with Crippen LogP contribution in [0.5, 0.6) is 0 Å². The first-order valence-electron chi connectivity index (χ1n) is 36.4. The third-order valence-corrected chi connectivity index (χ3v) is 16.2. The van der Waals surface area contributed by atoms with Gasteiger partial charge in [-0.25, -0.2) is 0 Å². The molecular formula is C77H138O6. The predicted octanol–water partition coefficient (Wildman–Crippen LogP) is 25.2. The van der Waals surface area contributed by atoms with Crippen LogP contribution in [0.25, 0.3) is 0 Å². The lowest BCUT2D eigenvalue weighted by Crippen LogP contribution is -2.30. The fourth-order valence-electron chi connectivity index (χ4n) is 10.7. The number of hydrogen-bond donors (Lipinski definition) is 0. The van der Waals surface area contributed by atoms with Crippen LogP contribution in [0.15, 0.2) is 72.9 Å². The van der Waals surface area contributed by atoms with Gasteiger partial charge in [-0.1, -0.05) is 318 Å². The average molecular weight is 1160 g/mol. The maximum Gasteiger partial charge on any atom is 0.306 e. The minimum Gasteiger partial charge on any atom is -0.462 e. The lowest BCUT2D eigenvalue weighted by molar-refractivity contribution is -0.167. The zero-order valence-corrected chi connectivity index (χ0v) is 55.5. The molecule has 1 atom stereocenters. The van der Waals surface area contributed by atoms with Gasteiger partial charge in [0.25, 0.3) is 0 Å². The van der Waals surface area contributed by atoms with Gasteiger partial charge < -0.3 is 14.2 Å². The number of carbonyl (C=O) groups excluding carboxylic acids is 3. The van der Waals surface area contributed by atoms with E-state index in [-0.39, 0.29) is 31.1 Å². The summed E-state index contributed by atoms with van der Waals surface area (Å²) in [5.41, 5.74) is 0. The average Bonchev–Trinajstić information content (AvgIpc) is 3.50. The minimum absolute atomic E-state index is 0.0799. The molecule has 0 aromatic carbocycles. The maximum atomic E-state index is 12.9. The quantitative estimate of drug-likeness (QED) is 0.0261. The summed E-state index contributed by atoms with van der Waals surface area (Å²) < 4.78 is 17.0. The van der Waals surface area contributed by atoms with Crippen LogP contribution in [0.1, 0.15) is 380 Å². The molecule has 0 heterocycles. The third-order valence-electron chi connectivity index (χ3n) is 16.2. The highest BCUT2D eigenvalue weighted by molar-refractivity contribution is 5.71. The molecule has 0 bridgehead atoms. The Labute approximate surface area is 516 Å². The molecule has 0 aliphatic carbocycles. The Morgan fingerprint density at radius 3 is 0.675 bits per heavy atom. The van der Waals surface area contributed by atoms with Crippen LogP contribution < -0.4 is 0 Å². The van der Waals surface area contributed by atoms with E-state index < -0.39 is 6.10 Å². The van der Waals surface area contributed by atoms with Crippen molar-refractivity contribution in [3.05, 3.63) is 72.9 Å². The number of rotatable bonds is 67. The van der Waals surface area contributed by atoms with Crippen molar-refractivity contribution < 1.29 is 28.6 Å². The molecule has 0 aromatic rings. The summed E-state index contributed by atoms with van der Waals surface area (Å²) in [4.78, 5) is 38.5. The fourth-order valence-corrected chi connectivity index (χ4v) is 10.7. The highest BCUT2D eigenvalue weighted by atomic mass is 16.6. The van der Waals surface area contributed by atoms with Gasteiger partial charge in [-0.05, 0) is 116 Å². The van der Waals surface area contributed by atoms with Gasteiger partial charge in [-0.15, -0.1) is 0 Å². The summed E-state index contributed by atoms with van der Waals surface area (Å²) in [6.45, 7) is 6.63. The van der Waals surface area contributed by atoms with E-state index in [4.69, 9.17) is 14.2 Å². The summed E-state index contributed by atoms with van der Waals surface area (Å²) in [7, 11) is 0. The Hall–Kier alpha value is -3.15. The molecule has 0 aromatic heterocycles. The predicted molar refractivity (Wildman–Crippen MR) is 362 cm³/mol. The number of carbonyl (C=O) groups is 3. The van der Waals surface area contributed by atoms with E-state index >= 15 is 0 Å². The largest absolute Gasteiger partial charge is 0.462 e. The van der Waals surface area contributed by atoms with Gasteiger partial charge in [0, 0.05) is 19.3 Å². The van der Waals surface area contributed by atoms with Gasteiger partial charge in [-0.3, -0.25) is 14.4 Å². The molecule has 0 fully saturated rings. The standard InChI is InChI=1S/C77H138O6/c1-4-7-10-13-16-19-22-25-28-31-33-34-35-36-37-38-39-40-41-42-43-44-45-47-49-52-55-58-61-64-67-70-76(79)82-73-74(72-81-75(78)69-66-63-60-57-54-51-48-30-27-24-21-18-15-12-9-6-3)83-77(80)71-68-65-62-59-56-53-50-46-32-29-26-23-20-17-14-11-8-5-2/h20-25,29-33,48,74H,4-19,26-28,34-47,49-73H2,1-3H3/b23-20-,24-21-,25-22-,32-29-,33-31-,48-30-. The van der Waals surface area contributed by atoms with Crippen molar-refractivity contribution in [3.63, 3.8) is 0 Å². The van der Waals surface area contributed by atoms with E-state index in [1.54, 1.807) is 0 Å². The Balaban J connectivity index is 4.23. The first kappa shape index (κ1) is 79.8. The van der Waals surface area contributed by atoms with Crippen LogP contribution in [0.3, 0.4) is 0 Å². The molecule has 1 unspecified atom stereocenters. The molecule has 0 rings (SSSR count). The molecule has 482 valence electrons. The maximum absolute atomic E-state index is 12.9. The molecule has 0 saturated carbocycles. The van der Waals surface area contributed by atoms with Crippen molar-refractivity contribution in [1.29, 1.82) is 0 Å². The SMILES string of the molecule is CCCCCC/C=C\C/C=C\CCCCCCCCCC(=O)OC(COC(=O)CCCCCCC/C=C\C/C=C\CCCCCC)COC(=O)CCCCCCCCCCCCCCCCCCCCC/C=C\C/C=C\CCCCCCC. The third kappa shape index (κ3) is 69.5. The first-order valence-corrected chi connectivity index (χ1v) is 36.4. The minimum atomic E-state index is -0.786. The number of allylic oxidation sites excluding steroid dienone is 12. The monoisotopic (exact) mass is 1160 g/mol. The second-order valence-corrected chi connectivity index (χ2v) is 24.5. The van der Waals surface area contributed by atoms with Crippen LogP contribution in [0, 0.1) is 0 Å². The van der Waals surface area contributed by atoms with Crippen molar-refractivity contribution >= 4 is 17.9 Å². The van der Waals surface area contributed by atoms with Crippen LogP contribution in [-0.4, -0.2) is 37.2 Å². The van der Waals surface area contributed by atoms with Crippen molar-refractivity contribution in [2.45, 2.75) is 386 Å². The lowest BCUT2D eigenvalue weighted by atomic mass is 10.0. The van der Waals surface area contributed by atoms with E-state index in [2.05, 4.69) is 93.7 Å². The topological polar surface area (TPSA) is 78.9 Å². The lowest BCUT2D eigenvalue weighted by Gasteiger charge is -2.18. The Kier molecular flexibility index (Phi) is 68.6. The molecule has 6 heteroatoms. The molecule has 0 aliphatic rings. The van der Waals surface area contributed by atoms with Crippen molar-refractivity contribution in [2.24, 2.45) is 0 Å². The Morgan fingerprint density at radius 1 is 0.241 bits per heavy atom. The Bertz CT molecular complexity index is 1520. The molecular weight excluding hydrogens is 1020 g/mol. The highest BCUT2D eigenvalue weighted by Gasteiger charge is 2.19. The van der Waals surface area contributed by atoms with Gasteiger partial charge in [0.1, 0.15) is 13.2 Å². The van der Waals surface area contributed by atoms with E-state index in [9.17, 15) is 14.4 Å². The van der Waals surface area contributed by atoms with Crippen LogP contribution in [0.2, 0.25) is 0 Å². The van der Waals surface area contributed by atoms with Gasteiger partial charge >= 0.3 is 17.9 Å². The van der Waals surface area contributed by atoms with E-state index in [0.29, 0.717) is 19.3 Å². The van der Waals surface area contributed by atoms with E-state index in [1.807, 2.05) is 0 Å². The van der Waals surface area contributed by atoms with Crippen LogP contribution in [-0.2, 0) is 28.6 Å². The molecule has 0 aliphatic heterocycles. The van der Waals surface area contributed by atoms with Gasteiger partial charge in [-0.2, -0.15) is 0 Å². The molecule has 0 saturated heterocycles. The van der Waals surface area contributed by atoms with Gasteiger partial charge in [0.05, 0.1) is 0 Å². The van der Waals surface area contributed by atoms with E-state index in [0.717, 1.165) is 96.3 Å². The molecule has 6 nitrogen and oxygen atoms in total. The zero-order chi connectivity index (χ0) is 59.9. The van der Waals surface area contributed by atoms with E-state index in [1.165, 1.54) is 244 Å². The molecule has 0 spiro atoms. The second kappa shape index (κ2) is 71.3. The normalized spacial score (nSPS) is 12.5. The number of unbranched alkanes of at least 4 members (excludes halogenated alkanes) is 44. The summed E-state index contributed by atoms with van der Waals surface area (Å²) in [5, 5.41) is 0. The molecule has 0 N–H and O–H groups in total. The first-order chi connectivity index (χ1) is 41.0. The van der Waals surface area contributed by atoms with Gasteiger partial charge in [0.15, 0.2) is 6.10 Å². The number of ether oxygens (including phenoxy) is 3. The summed E-state index contributed by atoms with van der Waals surface area (Å²) in [5.74, 6) is -0.881. The van der Waals surface area contributed by atoms with Crippen molar-refractivity contribution in [3.8, 4) is 0 Å². The molecule has 0 radical (unpaired) electrons. The highest BCUT2D eigenvalue weighted by Crippen LogP contribution is 2.18. The number of esters is 3. The molecule has 0 amide bonds. The summed E-state index contributed by atoms with van der Waals surface area (Å²) in [6, 6.07) is 0. The van der Waals surface area contributed by atoms with Crippen molar-refractivity contribution in [1.82, 2.24) is 0 Å². The fraction of sp³-hybridized carbons (Fsp3) is 0.805. The van der Waals surface area contributed by atoms with Crippen LogP contribution >= 0.6 is 0 Å². The number of hydrogen-bond acceptors (Lipinski definition) is 6. The van der Waals surface area contributed by atoms with Gasteiger partial charge in [0.2, 0.25) is 0 Å². The van der Waals surface area contributed by atoms with Crippen molar-refractivity contribution in [2.75, 3.05) is 13.2 Å².